The Bertz CT molecular complexity index is 962. The third-order valence-corrected chi connectivity index (χ3v) is 14.3. The summed E-state index contributed by atoms with van der Waals surface area (Å²) in [6.45, 7) is 4.18. The van der Waals surface area contributed by atoms with Crippen molar-refractivity contribution >= 4 is 13.7 Å². The summed E-state index contributed by atoms with van der Waals surface area (Å²) in [5.74, 6) is -0.184. The average molecular weight is 929 g/mol. The van der Waals surface area contributed by atoms with Gasteiger partial charge in [-0.25, -0.2) is 4.57 Å². The fourth-order valence-electron chi connectivity index (χ4n) is 9.47. The first kappa shape index (κ1) is 63.5. The maximum absolute atomic E-state index is 12.7. The van der Waals surface area contributed by atoms with E-state index in [4.69, 9.17) is 4.52 Å². The molecule has 384 valence electrons. The van der Waals surface area contributed by atoms with Gasteiger partial charge in [0.2, 0.25) is 5.91 Å². The van der Waals surface area contributed by atoms with E-state index in [0.29, 0.717) is 12.8 Å². The van der Waals surface area contributed by atoms with E-state index in [0.717, 1.165) is 38.5 Å². The lowest BCUT2D eigenvalue weighted by molar-refractivity contribution is -0.123. The van der Waals surface area contributed by atoms with E-state index in [9.17, 15) is 24.3 Å². The van der Waals surface area contributed by atoms with Gasteiger partial charge >= 0.3 is 7.82 Å². The molecule has 0 saturated carbocycles. The number of phosphoric ester groups is 1. The second-order valence-corrected chi connectivity index (χ2v) is 21.6. The summed E-state index contributed by atoms with van der Waals surface area (Å²) >= 11 is 0. The third-order valence-electron chi connectivity index (χ3n) is 13.8. The highest BCUT2D eigenvalue weighted by atomic mass is 31.2. The molecule has 8 heteroatoms. The summed E-state index contributed by atoms with van der Waals surface area (Å²) in [7, 11) is -4.69. The molecule has 0 saturated heterocycles. The molecule has 0 rings (SSSR count). The van der Waals surface area contributed by atoms with E-state index in [-0.39, 0.29) is 5.91 Å². The maximum atomic E-state index is 12.7. The minimum Gasteiger partial charge on any atom is -0.391 e. The predicted molar refractivity (Wildman–Crippen MR) is 278 cm³/mol. The zero-order valence-corrected chi connectivity index (χ0v) is 44.1. The standard InChI is InChI=1S/C56H114NO6P/c1-3-5-7-9-11-13-15-17-19-21-22-23-24-25-26-27-28-29-30-31-32-33-34-35-36-38-40-42-44-46-48-50-52-56(59)57-54(53-63-64(60,61)62)55(58)51-49-47-45-43-41-39-37-20-18-16-14-12-10-8-6-4-2/h54-55,58H,3-53H2,1-2H3,(H,57,59)(H2,60,61,62)/t54-,55+/m0/s1. The van der Waals surface area contributed by atoms with E-state index in [1.165, 1.54) is 270 Å². The molecule has 0 unspecified atom stereocenters. The molecule has 0 aromatic rings. The number of aliphatic hydroxyl groups excluding tert-OH is 1. The van der Waals surface area contributed by atoms with Gasteiger partial charge in [0.1, 0.15) is 0 Å². The molecule has 0 fully saturated rings. The minimum absolute atomic E-state index is 0.184. The number of carbonyl (C=O) groups excluding carboxylic acids is 1. The Kier molecular flexibility index (Phi) is 51.5. The lowest BCUT2D eigenvalue weighted by Crippen LogP contribution is -2.46. The lowest BCUT2D eigenvalue weighted by Gasteiger charge is -2.24. The number of phosphoric acid groups is 1. The van der Waals surface area contributed by atoms with Gasteiger partial charge in [-0.15, -0.1) is 0 Å². The lowest BCUT2D eigenvalue weighted by atomic mass is 10.0. The highest BCUT2D eigenvalue weighted by Crippen LogP contribution is 2.36. The molecule has 4 N–H and O–H groups in total. The van der Waals surface area contributed by atoms with Crippen molar-refractivity contribution in [1.82, 2.24) is 5.32 Å². The van der Waals surface area contributed by atoms with Crippen LogP contribution in [0.25, 0.3) is 0 Å². The van der Waals surface area contributed by atoms with E-state index in [2.05, 4.69) is 19.2 Å². The van der Waals surface area contributed by atoms with Crippen LogP contribution in [0, 0.1) is 0 Å². The summed E-state index contributed by atoms with van der Waals surface area (Å²) < 4.78 is 16.1. The Morgan fingerprint density at radius 1 is 0.391 bits per heavy atom. The van der Waals surface area contributed by atoms with Gasteiger partial charge in [0, 0.05) is 6.42 Å². The quantitative estimate of drug-likeness (QED) is 0.0357. The monoisotopic (exact) mass is 928 g/mol. The zero-order valence-electron chi connectivity index (χ0n) is 43.2. The SMILES string of the molecule is CCCCCCCCCCCCCCCCCCCCCCCCCCCCCCCCCCC(=O)N[C@@H](COP(=O)(O)O)[C@H](O)CCCCCCCCCCCCCCCCCC. The van der Waals surface area contributed by atoms with Gasteiger partial charge < -0.3 is 20.2 Å². The Balaban J connectivity index is 3.63. The zero-order chi connectivity index (χ0) is 46.7. The van der Waals surface area contributed by atoms with Gasteiger partial charge in [-0.1, -0.05) is 316 Å². The molecule has 0 aromatic carbocycles. The van der Waals surface area contributed by atoms with Crippen LogP contribution in [-0.4, -0.2) is 39.6 Å². The fraction of sp³-hybridized carbons (Fsp3) is 0.982. The highest BCUT2D eigenvalue weighted by molar-refractivity contribution is 7.46. The summed E-state index contributed by atoms with van der Waals surface area (Å²) in [6, 6.07) is -0.820. The minimum atomic E-state index is -4.69. The normalized spacial score (nSPS) is 12.9. The number of unbranched alkanes of at least 4 members (excludes halogenated alkanes) is 46. The van der Waals surface area contributed by atoms with Crippen LogP contribution in [0.3, 0.4) is 0 Å². The number of carbonyl (C=O) groups is 1. The van der Waals surface area contributed by atoms with Gasteiger partial charge in [-0.3, -0.25) is 9.32 Å². The molecular weight excluding hydrogens is 814 g/mol. The second-order valence-electron chi connectivity index (χ2n) is 20.3. The van der Waals surface area contributed by atoms with E-state index in [1.807, 2.05) is 0 Å². The van der Waals surface area contributed by atoms with Crippen molar-refractivity contribution < 1.29 is 28.8 Å². The van der Waals surface area contributed by atoms with Crippen molar-refractivity contribution in [2.24, 2.45) is 0 Å². The summed E-state index contributed by atoms with van der Waals surface area (Å²) in [5, 5.41) is 13.6. The first-order valence-corrected chi connectivity index (χ1v) is 30.5. The van der Waals surface area contributed by atoms with Crippen molar-refractivity contribution in [3.05, 3.63) is 0 Å². The van der Waals surface area contributed by atoms with Gasteiger partial charge in [-0.2, -0.15) is 0 Å². The molecule has 0 radical (unpaired) electrons. The Morgan fingerprint density at radius 3 is 0.844 bits per heavy atom. The van der Waals surface area contributed by atoms with Crippen LogP contribution < -0.4 is 5.32 Å². The van der Waals surface area contributed by atoms with Gasteiger partial charge in [0.05, 0.1) is 18.8 Å². The van der Waals surface area contributed by atoms with Crippen LogP contribution >= 0.6 is 7.82 Å². The summed E-state index contributed by atoms with van der Waals surface area (Å²) in [6.07, 6.45) is 64.3. The molecule has 2 atom stereocenters. The molecule has 0 bridgehead atoms. The maximum Gasteiger partial charge on any atom is 0.469 e. The summed E-state index contributed by atoms with van der Waals surface area (Å²) in [5.41, 5.74) is 0. The van der Waals surface area contributed by atoms with E-state index in [1.54, 1.807) is 0 Å². The van der Waals surface area contributed by atoms with Crippen LogP contribution in [-0.2, 0) is 13.9 Å². The number of hydrogen-bond acceptors (Lipinski definition) is 4. The van der Waals surface area contributed by atoms with Gasteiger partial charge in [0.25, 0.3) is 0 Å². The number of rotatable bonds is 55. The molecule has 0 heterocycles. The number of hydrogen-bond donors (Lipinski definition) is 4. The van der Waals surface area contributed by atoms with Gasteiger partial charge in [-0.05, 0) is 12.8 Å². The van der Waals surface area contributed by atoms with E-state index >= 15 is 0 Å². The Morgan fingerprint density at radius 2 is 0.609 bits per heavy atom. The molecular formula is C56H114NO6P. The largest absolute Gasteiger partial charge is 0.469 e. The van der Waals surface area contributed by atoms with Crippen molar-refractivity contribution in [1.29, 1.82) is 0 Å². The number of amides is 1. The Hall–Kier alpha value is -0.460. The van der Waals surface area contributed by atoms with Crippen LogP contribution in [0.1, 0.15) is 335 Å². The van der Waals surface area contributed by atoms with Crippen molar-refractivity contribution in [3.8, 4) is 0 Å². The smallest absolute Gasteiger partial charge is 0.391 e. The van der Waals surface area contributed by atoms with Crippen molar-refractivity contribution in [2.45, 2.75) is 347 Å². The number of nitrogens with one attached hydrogen (secondary N) is 1. The van der Waals surface area contributed by atoms with Crippen LogP contribution in [0.4, 0.5) is 0 Å². The molecule has 0 aliphatic rings. The van der Waals surface area contributed by atoms with Crippen molar-refractivity contribution in [2.75, 3.05) is 6.61 Å². The molecule has 0 aliphatic heterocycles. The highest BCUT2D eigenvalue weighted by Gasteiger charge is 2.25. The first-order valence-electron chi connectivity index (χ1n) is 29.0. The Labute approximate surface area is 400 Å². The van der Waals surface area contributed by atoms with Crippen molar-refractivity contribution in [3.63, 3.8) is 0 Å². The molecule has 7 nitrogen and oxygen atoms in total. The topological polar surface area (TPSA) is 116 Å². The van der Waals surface area contributed by atoms with Crippen LogP contribution in [0.5, 0.6) is 0 Å². The molecule has 0 aliphatic carbocycles. The first-order chi connectivity index (χ1) is 31.3. The average Bonchev–Trinajstić information content (AvgIpc) is 3.27. The molecule has 64 heavy (non-hydrogen) atoms. The molecule has 0 spiro atoms. The predicted octanol–water partition coefficient (Wildman–Crippen LogP) is 18.5. The van der Waals surface area contributed by atoms with E-state index < -0.39 is 26.6 Å². The summed E-state index contributed by atoms with van der Waals surface area (Å²) in [4.78, 5) is 31.2. The molecule has 0 aromatic heterocycles. The second kappa shape index (κ2) is 51.9. The number of aliphatic hydroxyl groups is 1. The van der Waals surface area contributed by atoms with Crippen LogP contribution in [0.2, 0.25) is 0 Å². The fourth-order valence-corrected chi connectivity index (χ4v) is 9.82. The molecule has 1 amide bonds. The van der Waals surface area contributed by atoms with Crippen LogP contribution in [0.15, 0.2) is 0 Å². The van der Waals surface area contributed by atoms with Gasteiger partial charge in [0.15, 0.2) is 0 Å². The third kappa shape index (κ3) is 52.5.